The van der Waals surface area contributed by atoms with Gasteiger partial charge < -0.3 is 15.4 Å². The van der Waals surface area contributed by atoms with Crippen LogP contribution in [0.5, 0.6) is 0 Å². The molecule has 0 unspecified atom stereocenters. The third-order valence-corrected chi connectivity index (χ3v) is 6.37. The number of carbonyl (C=O) groups is 2. The molecule has 0 saturated carbocycles. The molecule has 2 aromatic carbocycles. The topological polar surface area (TPSA) is 72.6 Å². The molecule has 2 N–H and O–H groups in total. The number of hydrogen-bond acceptors (Lipinski definition) is 5. The average Bonchev–Trinajstić information content (AvgIpc) is 2.76. The van der Waals surface area contributed by atoms with Crippen LogP contribution in [0.15, 0.2) is 83.8 Å². The molecule has 0 spiro atoms. The second-order valence-corrected chi connectivity index (χ2v) is 7.79. The molecule has 6 heteroatoms. The van der Waals surface area contributed by atoms with E-state index in [-0.39, 0.29) is 11.3 Å². The van der Waals surface area contributed by atoms with Crippen LogP contribution in [0, 0.1) is 0 Å². The minimum Gasteiger partial charge on any atom is -0.449 e. The van der Waals surface area contributed by atoms with Gasteiger partial charge in [-0.3, -0.25) is 4.79 Å². The summed E-state index contributed by atoms with van der Waals surface area (Å²) >= 11 is 1.28. The van der Waals surface area contributed by atoms with Crippen molar-refractivity contribution in [2.45, 2.75) is 17.5 Å². The molecule has 4 rings (SSSR count). The molecular formula is C22H20N2O3S. The fraction of sp³-hybridized carbons (Fsp3) is 0.182. The molecular weight excluding hydrogens is 372 g/mol. The number of thioether (sulfide) groups is 1. The first-order valence-corrected chi connectivity index (χ1v) is 9.87. The van der Waals surface area contributed by atoms with Crippen molar-refractivity contribution in [3.05, 3.63) is 94.9 Å². The highest BCUT2D eigenvalue weighted by molar-refractivity contribution is 8.04. The van der Waals surface area contributed by atoms with Crippen LogP contribution in [0.3, 0.4) is 0 Å². The Labute approximate surface area is 167 Å². The van der Waals surface area contributed by atoms with E-state index >= 15 is 0 Å². The Morgan fingerprint density at radius 1 is 1.14 bits per heavy atom. The molecule has 0 bridgehead atoms. The van der Waals surface area contributed by atoms with Crippen LogP contribution in [0.4, 0.5) is 0 Å². The predicted molar refractivity (Wildman–Crippen MR) is 109 cm³/mol. The SMILES string of the molecule is C=CC1=C(C(=O)OC(c2ccccc2)c2ccccc2)S[C@@H]2[C@@H](N)C(=O)N2C1. The van der Waals surface area contributed by atoms with Crippen LogP contribution >= 0.6 is 11.8 Å². The molecule has 0 radical (unpaired) electrons. The number of rotatable bonds is 5. The maximum atomic E-state index is 13.1. The standard InChI is InChI=1S/C22H20N2O3S/c1-2-14-13-24-20(25)17(23)21(24)28-19(14)22(26)27-18(15-9-5-3-6-10-15)16-11-7-4-8-12-16/h2-12,17-18,21H,1,13,23H2/t17-,21+/m0/s1. The normalized spacial score (nSPS) is 21.2. The van der Waals surface area contributed by atoms with Crippen molar-refractivity contribution < 1.29 is 14.3 Å². The van der Waals surface area contributed by atoms with Crippen molar-refractivity contribution in [3.63, 3.8) is 0 Å². The first-order chi connectivity index (χ1) is 13.6. The van der Waals surface area contributed by atoms with E-state index in [9.17, 15) is 9.59 Å². The summed E-state index contributed by atoms with van der Waals surface area (Å²) in [5, 5.41) is -0.231. The van der Waals surface area contributed by atoms with Crippen molar-refractivity contribution in [2.75, 3.05) is 6.54 Å². The summed E-state index contributed by atoms with van der Waals surface area (Å²) < 4.78 is 5.95. The Balaban J connectivity index is 1.63. The summed E-state index contributed by atoms with van der Waals surface area (Å²) in [4.78, 5) is 27.1. The average molecular weight is 392 g/mol. The molecule has 1 fully saturated rings. The van der Waals surface area contributed by atoms with Crippen LogP contribution in [0.25, 0.3) is 0 Å². The van der Waals surface area contributed by atoms with Gasteiger partial charge in [0.15, 0.2) is 6.10 Å². The molecule has 28 heavy (non-hydrogen) atoms. The van der Waals surface area contributed by atoms with Crippen molar-refractivity contribution in [1.82, 2.24) is 4.90 Å². The number of carbonyl (C=O) groups excluding carboxylic acids is 2. The smallest absolute Gasteiger partial charge is 0.345 e. The number of fused-ring (bicyclic) bond motifs is 1. The number of hydrogen-bond donors (Lipinski definition) is 1. The summed E-state index contributed by atoms with van der Waals surface area (Å²) in [7, 11) is 0. The second kappa shape index (κ2) is 7.66. The Morgan fingerprint density at radius 2 is 1.71 bits per heavy atom. The van der Waals surface area contributed by atoms with E-state index in [1.54, 1.807) is 11.0 Å². The van der Waals surface area contributed by atoms with E-state index < -0.39 is 18.1 Å². The summed E-state index contributed by atoms with van der Waals surface area (Å²) in [6.45, 7) is 4.12. The van der Waals surface area contributed by atoms with Gasteiger partial charge in [0.25, 0.3) is 0 Å². The summed E-state index contributed by atoms with van der Waals surface area (Å²) in [5.41, 5.74) is 8.36. The van der Waals surface area contributed by atoms with Gasteiger partial charge in [-0.25, -0.2) is 4.79 Å². The number of esters is 1. The van der Waals surface area contributed by atoms with Gasteiger partial charge in [-0.15, -0.1) is 0 Å². The lowest BCUT2D eigenvalue weighted by Crippen LogP contribution is -2.68. The van der Waals surface area contributed by atoms with E-state index in [1.165, 1.54) is 11.8 Å². The molecule has 5 nitrogen and oxygen atoms in total. The lowest BCUT2D eigenvalue weighted by Gasteiger charge is -2.47. The minimum atomic E-state index is -0.585. The number of ether oxygens (including phenoxy) is 1. The molecule has 1 amide bonds. The van der Waals surface area contributed by atoms with Gasteiger partial charge in [0.1, 0.15) is 11.4 Å². The molecule has 2 aromatic rings. The fourth-order valence-electron chi connectivity index (χ4n) is 3.39. The molecule has 2 heterocycles. The molecule has 2 aliphatic rings. The highest BCUT2D eigenvalue weighted by Gasteiger charge is 2.49. The maximum absolute atomic E-state index is 13.1. The first-order valence-electron chi connectivity index (χ1n) is 8.99. The largest absolute Gasteiger partial charge is 0.449 e. The van der Waals surface area contributed by atoms with E-state index in [0.717, 1.165) is 11.1 Å². The molecule has 2 aliphatic heterocycles. The van der Waals surface area contributed by atoms with E-state index in [1.807, 2.05) is 60.7 Å². The fourth-order valence-corrected chi connectivity index (χ4v) is 4.64. The summed E-state index contributed by atoms with van der Waals surface area (Å²) in [6.07, 6.45) is 1.08. The van der Waals surface area contributed by atoms with E-state index in [4.69, 9.17) is 10.5 Å². The van der Waals surface area contributed by atoms with Gasteiger partial charge >= 0.3 is 5.97 Å². The summed E-state index contributed by atoms with van der Waals surface area (Å²) in [5.74, 6) is -0.528. The number of β-lactam (4-membered cyclic amide) rings is 1. The molecule has 0 aliphatic carbocycles. The number of amides is 1. The lowest BCUT2D eigenvalue weighted by molar-refractivity contribution is -0.145. The quantitative estimate of drug-likeness (QED) is 0.626. The number of nitrogens with two attached hydrogens (primary N) is 1. The maximum Gasteiger partial charge on any atom is 0.345 e. The molecule has 0 aromatic heterocycles. The van der Waals surface area contributed by atoms with Crippen molar-refractivity contribution >= 4 is 23.6 Å². The Kier molecular flexibility index (Phi) is 5.07. The number of benzene rings is 2. The Bertz CT molecular complexity index is 903. The van der Waals surface area contributed by atoms with Gasteiger partial charge in [0, 0.05) is 6.54 Å². The monoisotopic (exact) mass is 392 g/mol. The zero-order chi connectivity index (χ0) is 19.7. The molecule has 2 atom stereocenters. The molecule has 142 valence electrons. The van der Waals surface area contributed by atoms with Crippen LogP contribution in [-0.2, 0) is 14.3 Å². The van der Waals surface area contributed by atoms with E-state index in [2.05, 4.69) is 6.58 Å². The van der Waals surface area contributed by atoms with Crippen LogP contribution in [-0.4, -0.2) is 34.7 Å². The summed E-state index contributed by atoms with van der Waals surface area (Å²) in [6, 6.07) is 18.7. The first kappa shape index (κ1) is 18.5. The van der Waals surface area contributed by atoms with Gasteiger partial charge in [-0.05, 0) is 16.7 Å². The van der Waals surface area contributed by atoms with Crippen LogP contribution < -0.4 is 5.73 Å². The van der Waals surface area contributed by atoms with E-state index in [0.29, 0.717) is 17.0 Å². The zero-order valence-corrected chi connectivity index (χ0v) is 16.0. The van der Waals surface area contributed by atoms with Crippen LogP contribution in [0.1, 0.15) is 17.2 Å². The lowest BCUT2D eigenvalue weighted by atomic mass is 10.0. The third kappa shape index (κ3) is 3.25. The Hall–Kier alpha value is -2.83. The van der Waals surface area contributed by atoms with Crippen molar-refractivity contribution in [3.8, 4) is 0 Å². The van der Waals surface area contributed by atoms with Gasteiger partial charge in [0.05, 0.1) is 4.91 Å². The highest BCUT2D eigenvalue weighted by Crippen LogP contribution is 2.42. The predicted octanol–water partition coefficient (Wildman–Crippen LogP) is 3.00. The highest BCUT2D eigenvalue weighted by atomic mass is 32.2. The van der Waals surface area contributed by atoms with Crippen LogP contribution in [0.2, 0.25) is 0 Å². The van der Waals surface area contributed by atoms with Gasteiger partial charge in [0.2, 0.25) is 5.91 Å². The third-order valence-electron chi connectivity index (χ3n) is 4.91. The minimum absolute atomic E-state index is 0.101. The zero-order valence-electron chi connectivity index (χ0n) is 15.2. The van der Waals surface area contributed by atoms with Crippen molar-refractivity contribution in [2.24, 2.45) is 5.73 Å². The number of nitrogens with zero attached hydrogens (tertiary/aromatic N) is 1. The second-order valence-electron chi connectivity index (χ2n) is 6.67. The van der Waals surface area contributed by atoms with Gasteiger partial charge in [-0.1, -0.05) is 85.1 Å². The van der Waals surface area contributed by atoms with Gasteiger partial charge in [-0.2, -0.15) is 0 Å². The molecule has 1 saturated heterocycles. The Morgan fingerprint density at radius 3 is 2.25 bits per heavy atom. The van der Waals surface area contributed by atoms with Crippen molar-refractivity contribution in [1.29, 1.82) is 0 Å².